The van der Waals surface area contributed by atoms with E-state index in [0.29, 0.717) is 11.7 Å². The first kappa shape index (κ1) is 21.1. The van der Waals surface area contributed by atoms with Crippen molar-refractivity contribution in [2.45, 2.75) is 26.3 Å². The topological polar surface area (TPSA) is 61.8 Å². The lowest BCUT2D eigenvalue weighted by atomic mass is 10.0. The Balaban J connectivity index is 2.04. The molecule has 0 radical (unpaired) electrons. The highest BCUT2D eigenvalue weighted by atomic mass is 35.5. The molecule has 0 fully saturated rings. The third-order valence-corrected chi connectivity index (χ3v) is 5.92. The van der Waals surface area contributed by atoms with Crippen molar-refractivity contribution in [1.29, 1.82) is 0 Å². The summed E-state index contributed by atoms with van der Waals surface area (Å²) in [5.74, 6) is 0.346. The normalized spacial score (nSPS) is 11.6. The fourth-order valence-corrected chi connectivity index (χ4v) is 3.90. The molecule has 4 aromatic rings. The van der Waals surface area contributed by atoms with Gasteiger partial charge in [0.15, 0.2) is 11.2 Å². The smallest absolute Gasteiger partial charge is 0.313 e. The van der Waals surface area contributed by atoms with Gasteiger partial charge >= 0.3 is 5.69 Å². The minimum absolute atomic E-state index is 0.00326. The fraction of sp³-hybridized carbons (Fsp3) is 0.261. The first-order chi connectivity index (χ1) is 14.7. The zero-order valence-corrected chi connectivity index (χ0v) is 18.4. The molecule has 0 saturated heterocycles. The molecule has 0 spiro atoms. The minimum Gasteiger partial charge on any atom is -0.313 e. The molecule has 4 rings (SSSR count). The van der Waals surface area contributed by atoms with Crippen LogP contribution in [0.25, 0.3) is 22.6 Å². The molecule has 0 saturated carbocycles. The number of benzene rings is 2. The molecule has 0 N–H and O–H groups in total. The van der Waals surface area contributed by atoms with Gasteiger partial charge in [-0.1, -0.05) is 55.8 Å². The van der Waals surface area contributed by atoms with Crippen LogP contribution in [0.3, 0.4) is 0 Å². The second kappa shape index (κ2) is 7.81. The lowest BCUT2D eigenvalue weighted by molar-refractivity contribution is 0.601. The van der Waals surface area contributed by atoms with E-state index in [1.54, 1.807) is 17.7 Å². The molecule has 0 aliphatic rings. The Labute approximate surface area is 183 Å². The predicted molar refractivity (Wildman–Crippen MR) is 120 cm³/mol. The Morgan fingerprint density at radius 2 is 1.71 bits per heavy atom. The first-order valence-electron chi connectivity index (χ1n) is 9.90. The molecule has 31 heavy (non-hydrogen) atoms. The van der Waals surface area contributed by atoms with Crippen LogP contribution in [0.5, 0.6) is 0 Å². The quantitative estimate of drug-likeness (QED) is 0.480. The number of hydrogen-bond donors (Lipinski definition) is 0. The minimum atomic E-state index is -0.497. The van der Waals surface area contributed by atoms with Crippen molar-refractivity contribution >= 4 is 22.8 Å². The van der Waals surface area contributed by atoms with Crippen molar-refractivity contribution in [3.8, 4) is 11.4 Å². The van der Waals surface area contributed by atoms with Crippen LogP contribution < -0.4 is 11.2 Å². The van der Waals surface area contributed by atoms with Gasteiger partial charge in [-0.05, 0) is 23.6 Å². The van der Waals surface area contributed by atoms with Gasteiger partial charge in [0.25, 0.3) is 5.56 Å². The van der Waals surface area contributed by atoms with E-state index in [2.05, 4.69) is 18.8 Å². The zero-order chi connectivity index (χ0) is 22.4. The van der Waals surface area contributed by atoms with Gasteiger partial charge in [0.1, 0.15) is 11.6 Å². The summed E-state index contributed by atoms with van der Waals surface area (Å²) >= 11 is 6.27. The summed E-state index contributed by atoms with van der Waals surface area (Å²) in [6.45, 7) is 4.20. The molecule has 0 aliphatic heterocycles. The van der Waals surface area contributed by atoms with Gasteiger partial charge < -0.3 is 4.57 Å². The fourth-order valence-electron chi connectivity index (χ4n) is 3.68. The molecule has 8 heteroatoms. The number of nitrogens with zero attached hydrogens (tertiary/aromatic N) is 4. The van der Waals surface area contributed by atoms with E-state index in [1.165, 1.54) is 23.7 Å². The van der Waals surface area contributed by atoms with Crippen LogP contribution in [0.15, 0.2) is 52.1 Å². The molecule has 2 heterocycles. The standard InChI is InChI=1S/C23H22ClFN4O2/c1-13(2)14-8-10-15(11-9-14)20-26-21-19(22(30)28(4)23(31)27(21)3)29(20)12-16-17(24)6-5-7-18(16)25/h5-11,13H,12H2,1-4H3. The van der Waals surface area contributed by atoms with E-state index >= 15 is 0 Å². The van der Waals surface area contributed by atoms with Gasteiger partial charge in [-0.3, -0.25) is 13.9 Å². The first-order valence-corrected chi connectivity index (χ1v) is 10.3. The van der Waals surface area contributed by atoms with E-state index in [4.69, 9.17) is 11.6 Å². The molecular formula is C23H22ClFN4O2. The van der Waals surface area contributed by atoms with Gasteiger partial charge in [0.05, 0.1) is 6.54 Å². The van der Waals surface area contributed by atoms with Crippen LogP contribution in [0.4, 0.5) is 4.39 Å². The van der Waals surface area contributed by atoms with Gasteiger partial charge in [0.2, 0.25) is 0 Å². The van der Waals surface area contributed by atoms with Crippen LogP contribution >= 0.6 is 11.6 Å². The molecule has 0 bridgehead atoms. The number of imidazole rings is 1. The summed E-state index contributed by atoms with van der Waals surface area (Å²) in [5.41, 5.74) is 1.64. The SMILES string of the molecule is CC(C)c1ccc(-c2nc3c(c(=O)n(C)c(=O)n3C)n2Cc2c(F)cccc2Cl)cc1. The Kier molecular flexibility index (Phi) is 5.31. The van der Waals surface area contributed by atoms with Gasteiger partial charge in [-0.2, -0.15) is 0 Å². The molecular weight excluding hydrogens is 419 g/mol. The van der Waals surface area contributed by atoms with Gasteiger partial charge in [-0.15, -0.1) is 0 Å². The van der Waals surface area contributed by atoms with E-state index < -0.39 is 17.1 Å². The summed E-state index contributed by atoms with van der Waals surface area (Å²) in [4.78, 5) is 30.1. The highest BCUT2D eigenvalue weighted by molar-refractivity contribution is 6.31. The van der Waals surface area contributed by atoms with Crippen LogP contribution in [0.1, 0.15) is 30.9 Å². The maximum atomic E-state index is 14.6. The Morgan fingerprint density at radius 3 is 2.32 bits per heavy atom. The van der Waals surface area contributed by atoms with Crippen molar-refractivity contribution in [2.75, 3.05) is 0 Å². The molecule has 6 nitrogen and oxygen atoms in total. The lowest BCUT2D eigenvalue weighted by Crippen LogP contribution is -2.37. The monoisotopic (exact) mass is 440 g/mol. The number of halogens is 2. The molecule has 2 aromatic carbocycles. The molecule has 0 aliphatic carbocycles. The van der Waals surface area contributed by atoms with Crippen molar-refractivity contribution in [3.63, 3.8) is 0 Å². The van der Waals surface area contributed by atoms with Gasteiger partial charge in [-0.25, -0.2) is 14.2 Å². The molecule has 160 valence electrons. The van der Waals surface area contributed by atoms with E-state index in [-0.39, 0.29) is 28.3 Å². The molecule has 2 aromatic heterocycles. The Morgan fingerprint density at radius 1 is 1.03 bits per heavy atom. The maximum absolute atomic E-state index is 14.6. The number of hydrogen-bond acceptors (Lipinski definition) is 3. The highest BCUT2D eigenvalue weighted by Gasteiger charge is 2.22. The van der Waals surface area contributed by atoms with Crippen LogP contribution in [0, 0.1) is 5.82 Å². The maximum Gasteiger partial charge on any atom is 0.332 e. The number of aromatic nitrogens is 4. The van der Waals surface area contributed by atoms with Crippen molar-refractivity contribution < 1.29 is 4.39 Å². The number of fused-ring (bicyclic) bond motifs is 1. The molecule has 0 amide bonds. The summed E-state index contributed by atoms with van der Waals surface area (Å²) in [7, 11) is 2.97. The van der Waals surface area contributed by atoms with E-state index in [9.17, 15) is 14.0 Å². The van der Waals surface area contributed by atoms with Crippen LogP contribution in [-0.4, -0.2) is 18.7 Å². The summed E-state index contributed by atoms with van der Waals surface area (Å²) in [6, 6.07) is 12.3. The summed E-state index contributed by atoms with van der Waals surface area (Å²) in [5, 5.41) is 0.254. The van der Waals surface area contributed by atoms with Gasteiger partial charge in [0, 0.05) is 30.2 Å². The van der Waals surface area contributed by atoms with Crippen LogP contribution in [0.2, 0.25) is 5.02 Å². The van der Waals surface area contributed by atoms with Crippen LogP contribution in [-0.2, 0) is 20.6 Å². The van der Waals surface area contributed by atoms with Crippen molar-refractivity contribution in [3.05, 3.63) is 85.3 Å². The molecule has 0 atom stereocenters. The van der Waals surface area contributed by atoms with E-state index in [0.717, 1.165) is 15.7 Å². The summed E-state index contributed by atoms with van der Waals surface area (Å²) in [6.07, 6.45) is 0. The second-order valence-corrected chi connectivity index (χ2v) is 8.28. The van der Waals surface area contributed by atoms with E-state index in [1.807, 2.05) is 24.3 Å². The predicted octanol–water partition coefficient (Wildman–Crippen LogP) is 4.06. The Hall–Kier alpha value is -3.19. The van der Waals surface area contributed by atoms with Crippen molar-refractivity contribution in [2.24, 2.45) is 14.1 Å². The Bertz CT molecular complexity index is 1390. The molecule has 0 unspecified atom stereocenters. The number of rotatable bonds is 4. The number of aryl methyl sites for hydroxylation is 1. The summed E-state index contributed by atoms with van der Waals surface area (Å²) < 4.78 is 18.6. The third-order valence-electron chi connectivity index (χ3n) is 5.56. The lowest BCUT2D eigenvalue weighted by Gasteiger charge is -2.12. The average Bonchev–Trinajstić information content (AvgIpc) is 3.13. The zero-order valence-electron chi connectivity index (χ0n) is 17.7. The largest absolute Gasteiger partial charge is 0.332 e. The third kappa shape index (κ3) is 3.49. The average molecular weight is 441 g/mol. The highest BCUT2D eigenvalue weighted by Crippen LogP contribution is 2.28. The van der Waals surface area contributed by atoms with Crippen molar-refractivity contribution in [1.82, 2.24) is 18.7 Å². The second-order valence-electron chi connectivity index (χ2n) is 7.88.